The van der Waals surface area contributed by atoms with Gasteiger partial charge in [0.25, 0.3) is 0 Å². The first kappa shape index (κ1) is 11.8. The van der Waals surface area contributed by atoms with Crippen molar-refractivity contribution in [2.24, 2.45) is 0 Å². The maximum atomic E-state index is 11.7. The van der Waals surface area contributed by atoms with Crippen molar-refractivity contribution >= 4 is 5.82 Å². The van der Waals surface area contributed by atoms with E-state index in [2.05, 4.69) is 5.10 Å². The molecule has 1 aromatic heterocycles. The maximum absolute atomic E-state index is 11.7. The number of rotatable bonds is 5. The minimum atomic E-state index is -4.16. The van der Waals surface area contributed by atoms with Gasteiger partial charge in [0.05, 0.1) is 26.2 Å². The van der Waals surface area contributed by atoms with Gasteiger partial charge in [-0.3, -0.25) is 4.68 Å². The fraction of sp³-hybridized carbons (Fsp3) is 0.625. The van der Waals surface area contributed by atoms with Crippen molar-refractivity contribution in [3.8, 4) is 0 Å². The van der Waals surface area contributed by atoms with E-state index in [-0.39, 0.29) is 13.2 Å². The molecule has 1 rings (SSSR count). The Morgan fingerprint density at radius 3 is 2.67 bits per heavy atom. The summed E-state index contributed by atoms with van der Waals surface area (Å²) in [6.45, 7) is 0.270. The summed E-state index contributed by atoms with van der Waals surface area (Å²) < 4.78 is 41.4. The predicted octanol–water partition coefficient (Wildman–Crippen LogP) is 1.43. The van der Waals surface area contributed by atoms with Crippen LogP contribution in [-0.2, 0) is 11.3 Å². The third kappa shape index (κ3) is 5.26. The van der Waals surface area contributed by atoms with Crippen molar-refractivity contribution in [1.82, 2.24) is 9.78 Å². The number of hydrogen-bond donors (Lipinski definition) is 1. The molecule has 4 nitrogen and oxygen atoms in total. The van der Waals surface area contributed by atoms with E-state index in [1.54, 1.807) is 12.3 Å². The number of anilines is 1. The van der Waals surface area contributed by atoms with Crippen LogP contribution in [0, 0.1) is 0 Å². The van der Waals surface area contributed by atoms with Crippen LogP contribution in [-0.4, -0.2) is 29.2 Å². The summed E-state index contributed by atoms with van der Waals surface area (Å²) in [6.07, 6.45) is -3.44. The zero-order valence-corrected chi connectivity index (χ0v) is 8.00. The van der Waals surface area contributed by atoms with Crippen LogP contribution in [0.2, 0.25) is 0 Å². The van der Waals surface area contributed by atoms with Crippen molar-refractivity contribution in [2.75, 3.05) is 18.9 Å². The number of nitrogens with zero attached hydrogens (tertiary/aromatic N) is 2. The van der Waals surface area contributed by atoms with Crippen molar-refractivity contribution < 1.29 is 17.9 Å². The second kappa shape index (κ2) is 5.01. The van der Waals surface area contributed by atoms with Crippen LogP contribution in [0.4, 0.5) is 19.0 Å². The Kier molecular flexibility index (Phi) is 3.96. The van der Waals surface area contributed by atoms with Crippen LogP contribution in [0.25, 0.3) is 0 Å². The highest BCUT2D eigenvalue weighted by atomic mass is 19.4. The second-order valence-corrected chi connectivity index (χ2v) is 2.98. The van der Waals surface area contributed by atoms with Crippen molar-refractivity contribution in [3.05, 3.63) is 12.3 Å². The van der Waals surface area contributed by atoms with Gasteiger partial charge >= 0.3 is 6.18 Å². The lowest BCUT2D eigenvalue weighted by Gasteiger charge is -2.07. The molecule has 0 bridgehead atoms. The van der Waals surface area contributed by atoms with Gasteiger partial charge in [-0.05, 0) is 6.07 Å². The molecular formula is C8H12F3N3O. The smallest absolute Gasteiger partial charge is 0.382 e. The van der Waals surface area contributed by atoms with Gasteiger partial charge in [-0.15, -0.1) is 0 Å². The Morgan fingerprint density at radius 1 is 1.40 bits per heavy atom. The highest BCUT2D eigenvalue weighted by Gasteiger charge is 2.26. The molecule has 0 atom stereocenters. The van der Waals surface area contributed by atoms with Crippen LogP contribution in [0.5, 0.6) is 0 Å². The molecule has 15 heavy (non-hydrogen) atoms. The molecule has 0 spiro atoms. The number of aromatic nitrogens is 2. The highest BCUT2D eigenvalue weighted by molar-refractivity contribution is 5.23. The number of nitrogens with two attached hydrogens (primary N) is 1. The quantitative estimate of drug-likeness (QED) is 0.768. The molecule has 0 aliphatic rings. The average Bonchev–Trinajstić information content (AvgIpc) is 2.49. The molecule has 1 heterocycles. The molecule has 0 saturated carbocycles. The number of hydrogen-bond acceptors (Lipinski definition) is 3. The van der Waals surface area contributed by atoms with E-state index in [1.807, 2.05) is 0 Å². The molecule has 2 N–H and O–H groups in total. The molecule has 7 heteroatoms. The van der Waals surface area contributed by atoms with E-state index in [0.717, 1.165) is 0 Å². The standard InChI is InChI=1S/C8H12F3N3O/c9-8(10,11)2-5-15-6-4-14-3-1-7(12)13-14/h1,3H,2,4-6H2,(H2,12,13). The van der Waals surface area contributed by atoms with Crippen LogP contribution >= 0.6 is 0 Å². The molecule has 0 aliphatic carbocycles. The fourth-order valence-corrected chi connectivity index (χ4v) is 0.950. The molecule has 86 valence electrons. The normalized spacial score (nSPS) is 11.9. The third-order valence-electron chi connectivity index (χ3n) is 1.66. The molecule has 0 fully saturated rings. The Hall–Kier alpha value is -1.24. The highest BCUT2D eigenvalue weighted by Crippen LogP contribution is 2.18. The molecule has 0 saturated heterocycles. The lowest BCUT2D eigenvalue weighted by Crippen LogP contribution is -2.14. The van der Waals surface area contributed by atoms with Gasteiger partial charge in [0, 0.05) is 6.20 Å². The number of ether oxygens (including phenoxy) is 1. The molecular weight excluding hydrogens is 211 g/mol. The maximum Gasteiger partial charge on any atom is 0.391 e. The van der Waals surface area contributed by atoms with Gasteiger partial charge in [0.1, 0.15) is 5.82 Å². The van der Waals surface area contributed by atoms with Gasteiger partial charge in [0.2, 0.25) is 0 Å². The number of halogens is 3. The third-order valence-corrected chi connectivity index (χ3v) is 1.66. The van der Waals surface area contributed by atoms with Crippen LogP contribution in [0.3, 0.4) is 0 Å². The summed E-state index contributed by atoms with van der Waals surface area (Å²) in [5.74, 6) is 0.380. The van der Waals surface area contributed by atoms with Crippen LogP contribution in [0.1, 0.15) is 6.42 Å². The van der Waals surface area contributed by atoms with Crippen LogP contribution in [0.15, 0.2) is 12.3 Å². The summed E-state index contributed by atoms with van der Waals surface area (Å²) in [5, 5.41) is 3.85. The molecule has 0 unspecified atom stereocenters. The van der Waals surface area contributed by atoms with E-state index in [9.17, 15) is 13.2 Å². The van der Waals surface area contributed by atoms with E-state index in [1.165, 1.54) is 4.68 Å². The Labute approximate surface area is 84.8 Å². The molecule has 0 amide bonds. The van der Waals surface area contributed by atoms with E-state index >= 15 is 0 Å². The van der Waals surface area contributed by atoms with Gasteiger partial charge < -0.3 is 10.5 Å². The zero-order valence-electron chi connectivity index (χ0n) is 8.00. The summed E-state index contributed by atoms with van der Waals surface area (Å²) in [6, 6.07) is 1.61. The van der Waals surface area contributed by atoms with Gasteiger partial charge in [-0.2, -0.15) is 18.3 Å². The minimum absolute atomic E-state index is 0.192. The van der Waals surface area contributed by atoms with E-state index in [4.69, 9.17) is 10.5 Å². The van der Waals surface area contributed by atoms with Gasteiger partial charge in [0.15, 0.2) is 0 Å². The Morgan fingerprint density at radius 2 is 2.13 bits per heavy atom. The first-order valence-corrected chi connectivity index (χ1v) is 4.41. The lowest BCUT2D eigenvalue weighted by molar-refractivity contribution is -0.145. The molecule has 0 aliphatic heterocycles. The predicted molar refractivity (Wildman–Crippen MR) is 48.1 cm³/mol. The first-order chi connectivity index (χ1) is 6.97. The zero-order chi connectivity index (χ0) is 11.3. The van der Waals surface area contributed by atoms with Gasteiger partial charge in [-0.25, -0.2) is 0 Å². The summed E-state index contributed by atoms with van der Waals surface area (Å²) in [4.78, 5) is 0. The molecule has 1 aromatic rings. The Bertz CT molecular complexity index is 298. The summed E-state index contributed by atoms with van der Waals surface area (Å²) in [7, 11) is 0. The largest absolute Gasteiger partial charge is 0.391 e. The van der Waals surface area contributed by atoms with Crippen LogP contribution < -0.4 is 5.73 Å². The second-order valence-electron chi connectivity index (χ2n) is 2.98. The first-order valence-electron chi connectivity index (χ1n) is 4.41. The van der Waals surface area contributed by atoms with Crippen molar-refractivity contribution in [2.45, 2.75) is 19.1 Å². The molecule has 0 aromatic carbocycles. The van der Waals surface area contributed by atoms with E-state index in [0.29, 0.717) is 12.4 Å². The number of alkyl halides is 3. The molecule has 0 radical (unpaired) electrons. The number of nitrogen functional groups attached to an aromatic ring is 1. The van der Waals surface area contributed by atoms with Crippen molar-refractivity contribution in [1.29, 1.82) is 0 Å². The fourth-order valence-electron chi connectivity index (χ4n) is 0.950. The topological polar surface area (TPSA) is 53.1 Å². The van der Waals surface area contributed by atoms with Gasteiger partial charge in [-0.1, -0.05) is 0 Å². The minimum Gasteiger partial charge on any atom is -0.382 e. The average molecular weight is 223 g/mol. The Balaban J connectivity index is 2.07. The van der Waals surface area contributed by atoms with Crippen molar-refractivity contribution in [3.63, 3.8) is 0 Å². The summed E-state index contributed by atoms with van der Waals surface area (Å²) in [5.41, 5.74) is 5.34. The monoisotopic (exact) mass is 223 g/mol. The summed E-state index contributed by atoms with van der Waals surface area (Å²) >= 11 is 0. The lowest BCUT2D eigenvalue weighted by atomic mass is 10.4. The SMILES string of the molecule is Nc1ccn(CCOCCC(F)(F)F)n1. The van der Waals surface area contributed by atoms with E-state index < -0.39 is 12.6 Å².